The number of nitrogens with zero attached hydrogens (tertiary/aromatic N) is 2. The minimum Gasteiger partial charge on any atom is -0.306 e. The summed E-state index contributed by atoms with van der Waals surface area (Å²) in [5, 5.41) is 0. The molecule has 0 N–H and O–H groups in total. The van der Waals surface area contributed by atoms with E-state index in [0.717, 1.165) is 17.8 Å². The predicted molar refractivity (Wildman–Crippen MR) is 272 cm³/mol. The van der Waals surface area contributed by atoms with Crippen LogP contribution in [0.1, 0.15) is 265 Å². The maximum Gasteiger partial charge on any atom is 0.0165 e. The summed E-state index contributed by atoms with van der Waals surface area (Å²) in [6, 6.07) is 0. The molecule has 346 valence electrons. The molecule has 1 fully saturated rings. The smallest absolute Gasteiger partial charge is 0.0165 e. The molecule has 2 nitrogen and oxygen atoms in total. The van der Waals surface area contributed by atoms with Gasteiger partial charge in [-0.05, 0) is 89.9 Å². The first-order chi connectivity index (χ1) is 28.6. The zero-order chi connectivity index (χ0) is 41.8. The standard InChI is InChI=1S/C54H108N2S2/c1-6-9-12-15-18-19-20-21-22-23-24-25-26-28-34-39-45-55(4)47-49-57-58-50-48-56(5)46-44-52(40-35-30-27-16-13-10-7-2)41-36-31-29-33-38-43-54-51-53(54)42-37-32-17-14-11-8-3/h21-22,52-54H,6-20,23-51H2,1-5H3/b22-21-. The molecule has 0 bridgehead atoms. The van der Waals surface area contributed by atoms with Crippen molar-refractivity contribution in [3.63, 3.8) is 0 Å². The third-order valence-corrected chi connectivity index (χ3v) is 15.9. The van der Waals surface area contributed by atoms with Crippen molar-refractivity contribution in [2.24, 2.45) is 17.8 Å². The Bertz CT molecular complexity index is 819. The molecule has 1 rings (SSSR count). The van der Waals surface area contributed by atoms with Gasteiger partial charge in [-0.3, -0.25) is 0 Å². The molecule has 0 aliphatic heterocycles. The Morgan fingerprint density at radius 1 is 0.397 bits per heavy atom. The van der Waals surface area contributed by atoms with Crippen LogP contribution in [-0.2, 0) is 0 Å². The first-order valence-corrected chi connectivity index (χ1v) is 29.4. The molecule has 58 heavy (non-hydrogen) atoms. The van der Waals surface area contributed by atoms with Crippen molar-refractivity contribution in [2.45, 2.75) is 265 Å². The van der Waals surface area contributed by atoms with Gasteiger partial charge < -0.3 is 9.80 Å². The van der Waals surface area contributed by atoms with Crippen molar-refractivity contribution >= 4 is 21.6 Å². The highest BCUT2D eigenvalue weighted by Crippen LogP contribution is 2.45. The lowest BCUT2D eigenvalue weighted by Crippen LogP contribution is -2.24. The van der Waals surface area contributed by atoms with E-state index in [1.165, 1.54) is 262 Å². The van der Waals surface area contributed by atoms with Crippen LogP contribution in [0, 0.1) is 17.8 Å². The monoisotopic (exact) mass is 849 g/mol. The van der Waals surface area contributed by atoms with Gasteiger partial charge >= 0.3 is 0 Å². The van der Waals surface area contributed by atoms with Crippen LogP contribution < -0.4 is 0 Å². The Kier molecular flexibility index (Phi) is 44.1. The lowest BCUT2D eigenvalue weighted by Gasteiger charge is -2.22. The first-order valence-electron chi connectivity index (χ1n) is 26.9. The van der Waals surface area contributed by atoms with E-state index in [2.05, 4.69) is 78.4 Å². The summed E-state index contributed by atoms with van der Waals surface area (Å²) in [7, 11) is 8.94. The van der Waals surface area contributed by atoms with E-state index < -0.39 is 0 Å². The number of hydrogen-bond acceptors (Lipinski definition) is 4. The topological polar surface area (TPSA) is 6.48 Å². The molecule has 3 unspecified atom stereocenters. The quantitative estimate of drug-likeness (QED) is 0.0342. The Balaban J connectivity index is 2.04. The van der Waals surface area contributed by atoms with Gasteiger partial charge in [-0.15, -0.1) is 0 Å². The molecule has 1 saturated carbocycles. The maximum absolute atomic E-state index is 2.64. The highest BCUT2D eigenvalue weighted by Gasteiger charge is 2.35. The normalized spacial score (nSPS) is 16.1. The van der Waals surface area contributed by atoms with Crippen LogP contribution in [0.5, 0.6) is 0 Å². The third kappa shape index (κ3) is 40.4. The van der Waals surface area contributed by atoms with E-state index in [4.69, 9.17) is 0 Å². The van der Waals surface area contributed by atoms with Gasteiger partial charge in [-0.25, -0.2) is 0 Å². The molecular formula is C54H108N2S2. The maximum atomic E-state index is 2.64. The van der Waals surface area contributed by atoms with E-state index in [0.29, 0.717) is 0 Å². The number of unbranched alkanes of at least 4 members (excludes halogenated alkanes) is 27. The number of allylic oxidation sites excluding steroid dienone is 2. The van der Waals surface area contributed by atoms with Crippen molar-refractivity contribution < 1.29 is 0 Å². The SMILES string of the molecule is CCCCCCCC/C=C\CCCCCCCCN(C)CCSSCCN(C)CCC(CCCCCCCCC)CCCCCCCC1CC1CCCCCCCC. The largest absolute Gasteiger partial charge is 0.306 e. The number of hydrogen-bond donors (Lipinski definition) is 0. The minimum atomic E-state index is 0.955. The van der Waals surface area contributed by atoms with Crippen LogP contribution in [-0.4, -0.2) is 61.6 Å². The second kappa shape index (κ2) is 45.4. The van der Waals surface area contributed by atoms with Crippen molar-refractivity contribution in [1.82, 2.24) is 9.80 Å². The Labute approximate surface area is 376 Å². The van der Waals surface area contributed by atoms with Crippen molar-refractivity contribution in [2.75, 3.05) is 51.8 Å². The van der Waals surface area contributed by atoms with Crippen molar-refractivity contribution in [3.8, 4) is 0 Å². The molecule has 3 atom stereocenters. The lowest BCUT2D eigenvalue weighted by molar-refractivity contribution is 0.290. The first kappa shape index (κ1) is 56.4. The van der Waals surface area contributed by atoms with Gasteiger partial charge in [0.2, 0.25) is 0 Å². The Hall–Kier alpha value is 0.360. The van der Waals surface area contributed by atoms with E-state index >= 15 is 0 Å². The summed E-state index contributed by atoms with van der Waals surface area (Å²) in [6.07, 6.45) is 59.8. The zero-order valence-corrected chi connectivity index (χ0v) is 42.3. The molecule has 0 aromatic rings. The van der Waals surface area contributed by atoms with Crippen LogP contribution in [0.3, 0.4) is 0 Å². The van der Waals surface area contributed by atoms with Gasteiger partial charge in [-0.2, -0.15) is 0 Å². The van der Waals surface area contributed by atoms with E-state index in [9.17, 15) is 0 Å². The number of rotatable bonds is 49. The zero-order valence-electron chi connectivity index (χ0n) is 40.7. The van der Waals surface area contributed by atoms with Gasteiger partial charge in [0.1, 0.15) is 0 Å². The van der Waals surface area contributed by atoms with Crippen molar-refractivity contribution in [3.05, 3.63) is 12.2 Å². The molecule has 0 heterocycles. The van der Waals surface area contributed by atoms with Gasteiger partial charge in [0.15, 0.2) is 0 Å². The summed E-state index contributed by atoms with van der Waals surface area (Å²) in [6.45, 7) is 12.0. The molecule has 1 aliphatic carbocycles. The lowest BCUT2D eigenvalue weighted by atomic mass is 9.91. The summed E-state index contributed by atoms with van der Waals surface area (Å²) < 4.78 is 0. The van der Waals surface area contributed by atoms with Crippen molar-refractivity contribution in [1.29, 1.82) is 0 Å². The fourth-order valence-corrected chi connectivity index (χ4v) is 11.3. The molecule has 1 aliphatic rings. The second-order valence-corrected chi connectivity index (χ2v) is 22.1. The molecule has 0 spiro atoms. The molecule has 0 saturated heterocycles. The molecule has 0 amide bonds. The third-order valence-electron chi connectivity index (χ3n) is 13.6. The summed E-state index contributed by atoms with van der Waals surface area (Å²) in [5.74, 6) is 5.71. The van der Waals surface area contributed by atoms with Crippen LogP contribution in [0.25, 0.3) is 0 Å². The van der Waals surface area contributed by atoms with Gasteiger partial charge in [0.05, 0.1) is 0 Å². The van der Waals surface area contributed by atoms with Gasteiger partial charge in [0, 0.05) is 24.6 Å². The highest BCUT2D eigenvalue weighted by molar-refractivity contribution is 8.76. The fourth-order valence-electron chi connectivity index (χ4n) is 9.16. The Morgan fingerprint density at radius 2 is 0.759 bits per heavy atom. The van der Waals surface area contributed by atoms with E-state index in [1.54, 1.807) is 19.3 Å². The molecular weight excluding hydrogens is 741 g/mol. The van der Waals surface area contributed by atoms with Crippen LogP contribution in [0.4, 0.5) is 0 Å². The van der Waals surface area contributed by atoms with Crippen LogP contribution in [0.2, 0.25) is 0 Å². The van der Waals surface area contributed by atoms with Crippen LogP contribution >= 0.6 is 21.6 Å². The average molecular weight is 850 g/mol. The Morgan fingerprint density at radius 3 is 1.21 bits per heavy atom. The highest BCUT2D eigenvalue weighted by atomic mass is 33.1. The summed E-state index contributed by atoms with van der Waals surface area (Å²) >= 11 is 0. The van der Waals surface area contributed by atoms with E-state index in [1.807, 2.05) is 0 Å². The summed E-state index contributed by atoms with van der Waals surface area (Å²) in [5.41, 5.74) is 0. The average Bonchev–Trinajstić information content (AvgIpc) is 3.98. The molecule has 4 heteroatoms. The molecule has 0 radical (unpaired) electrons. The fraction of sp³-hybridized carbons (Fsp3) is 0.963. The summed E-state index contributed by atoms with van der Waals surface area (Å²) in [4.78, 5) is 5.21. The van der Waals surface area contributed by atoms with Gasteiger partial charge in [0.25, 0.3) is 0 Å². The second-order valence-electron chi connectivity index (χ2n) is 19.4. The molecule has 0 aromatic carbocycles. The van der Waals surface area contributed by atoms with Gasteiger partial charge in [-0.1, -0.05) is 254 Å². The molecule has 0 aromatic heterocycles. The predicted octanol–water partition coefficient (Wildman–Crippen LogP) is 18.5. The van der Waals surface area contributed by atoms with Crippen LogP contribution in [0.15, 0.2) is 12.2 Å². The van der Waals surface area contributed by atoms with E-state index in [-0.39, 0.29) is 0 Å². The minimum absolute atomic E-state index is 0.955.